The van der Waals surface area contributed by atoms with Crippen molar-refractivity contribution in [2.45, 2.75) is 11.8 Å². The molecule has 4 nitrogen and oxygen atoms in total. The Hall–Kier alpha value is -1.27. The Morgan fingerprint density at radius 3 is 2.50 bits per heavy atom. The van der Waals surface area contributed by atoms with E-state index >= 15 is 0 Å². The van der Waals surface area contributed by atoms with E-state index in [0.29, 0.717) is 18.1 Å². The molecule has 110 valence electrons. The molecule has 2 N–H and O–H groups in total. The van der Waals surface area contributed by atoms with Gasteiger partial charge in [-0.05, 0) is 25.3 Å². The predicted molar refractivity (Wildman–Crippen MR) is 90.7 cm³/mol. The fraction of sp³-hybridized carbons (Fsp3) is 0.429. The summed E-state index contributed by atoms with van der Waals surface area (Å²) >= 11 is 6.78. The third kappa shape index (κ3) is 3.86. The molecule has 6 heteroatoms. The number of amides is 1. The van der Waals surface area contributed by atoms with Gasteiger partial charge in [-0.3, -0.25) is 4.79 Å². The quantitative estimate of drug-likeness (QED) is 0.643. The highest BCUT2D eigenvalue weighted by molar-refractivity contribution is 7.98. The van der Waals surface area contributed by atoms with Crippen LogP contribution < -0.4 is 10.6 Å². The lowest BCUT2D eigenvalue weighted by Gasteiger charge is -2.27. The molecular formula is C14H21N3OS2. The van der Waals surface area contributed by atoms with Gasteiger partial charge in [0.05, 0.1) is 6.54 Å². The number of thioether (sulfide) groups is 1. The van der Waals surface area contributed by atoms with E-state index in [2.05, 4.69) is 0 Å². The minimum Gasteiger partial charge on any atom is -0.389 e. The zero-order chi connectivity index (χ0) is 15.3. The lowest BCUT2D eigenvalue weighted by atomic mass is 10.1. The summed E-state index contributed by atoms with van der Waals surface area (Å²) < 4.78 is 0. The maximum atomic E-state index is 11.9. The molecule has 1 aromatic rings. The van der Waals surface area contributed by atoms with E-state index in [4.69, 9.17) is 18.0 Å². The largest absolute Gasteiger partial charge is 0.389 e. The van der Waals surface area contributed by atoms with E-state index in [1.165, 1.54) is 0 Å². The molecule has 0 heterocycles. The van der Waals surface area contributed by atoms with Gasteiger partial charge in [0.2, 0.25) is 5.91 Å². The van der Waals surface area contributed by atoms with Crippen molar-refractivity contribution < 1.29 is 4.79 Å². The second-order valence-corrected chi connectivity index (χ2v) is 5.81. The minimum atomic E-state index is 0.0512. The van der Waals surface area contributed by atoms with Gasteiger partial charge in [0.15, 0.2) is 0 Å². The number of benzene rings is 1. The van der Waals surface area contributed by atoms with Crippen LogP contribution in [-0.4, -0.2) is 49.2 Å². The van der Waals surface area contributed by atoms with Crippen molar-refractivity contribution in [1.82, 2.24) is 4.90 Å². The second-order valence-electron chi connectivity index (χ2n) is 4.52. The fourth-order valence-electron chi connectivity index (χ4n) is 1.87. The molecule has 1 amide bonds. The molecule has 0 radical (unpaired) electrons. The lowest BCUT2D eigenvalue weighted by Crippen LogP contribution is -2.37. The first kappa shape index (κ1) is 16.8. The first-order valence-corrected chi connectivity index (χ1v) is 7.97. The number of hydrogen-bond acceptors (Lipinski definition) is 4. The van der Waals surface area contributed by atoms with E-state index in [9.17, 15) is 4.79 Å². The average molecular weight is 311 g/mol. The molecule has 0 spiro atoms. The molecule has 0 fully saturated rings. The predicted octanol–water partition coefficient (Wildman–Crippen LogP) is 1.96. The van der Waals surface area contributed by atoms with E-state index in [0.717, 1.165) is 16.1 Å². The topological polar surface area (TPSA) is 49.6 Å². The lowest BCUT2D eigenvalue weighted by molar-refractivity contribution is -0.127. The molecule has 1 rings (SSSR count). The average Bonchev–Trinajstić information content (AvgIpc) is 2.43. The van der Waals surface area contributed by atoms with Gasteiger partial charge in [0.1, 0.15) is 4.99 Å². The first-order chi connectivity index (χ1) is 9.42. The first-order valence-electron chi connectivity index (χ1n) is 6.34. The molecule has 0 bridgehead atoms. The van der Waals surface area contributed by atoms with Crippen molar-refractivity contribution in [3.8, 4) is 0 Å². The number of carbonyl (C=O) groups excluding carboxylic acids is 1. The summed E-state index contributed by atoms with van der Waals surface area (Å²) in [6.07, 6.45) is 1.99. The highest BCUT2D eigenvalue weighted by atomic mass is 32.2. The van der Waals surface area contributed by atoms with Gasteiger partial charge < -0.3 is 15.5 Å². The van der Waals surface area contributed by atoms with Crippen molar-refractivity contribution in [3.05, 3.63) is 23.8 Å². The summed E-state index contributed by atoms with van der Waals surface area (Å²) in [6, 6.07) is 5.91. The van der Waals surface area contributed by atoms with Crippen LogP contribution in [0.4, 0.5) is 5.69 Å². The summed E-state index contributed by atoms with van der Waals surface area (Å²) in [4.78, 5) is 16.9. The molecule has 0 atom stereocenters. The third-order valence-electron chi connectivity index (χ3n) is 3.02. The zero-order valence-electron chi connectivity index (χ0n) is 12.3. The van der Waals surface area contributed by atoms with E-state index < -0.39 is 0 Å². The fourth-order valence-corrected chi connectivity index (χ4v) is 2.79. The second kappa shape index (κ2) is 7.50. The van der Waals surface area contributed by atoms with Crippen LogP contribution in [0, 0.1) is 0 Å². The molecule has 0 aliphatic carbocycles. The highest BCUT2D eigenvalue weighted by Crippen LogP contribution is 2.29. The number of rotatable bonds is 6. The van der Waals surface area contributed by atoms with Gasteiger partial charge in [0, 0.05) is 36.8 Å². The summed E-state index contributed by atoms with van der Waals surface area (Å²) in [6.45, 7) is 3.04. The molecular weight excluding hydrogens is 290 g/mol. The monoisotopic (exact) mass is 311 g/mol. The van der Waals surface area contributed by atoms with Crippen LogP contribution >= 0.6 is 24.0 Å². The van der Waals surface area contributed by atoms with Crippen LogP contribution in [0.5, 0.6) is 0 Å². The number of hydrogen-bond donors (Lipinski definition) is 1. The molecule has 0 aliphatic heterocycles. The summed E-state index contributed by atoms with van der Waals surface area (Å²) in [5.41, 5.74) is 7.64. The number of nitrogens with two attached hydrogens (primary N) is 1. The van der Waals surface area contributed by atoms with E-state index in [1.807, 2.05) is 36.3 Å². The molecule has 0 saturated heterocycles. The van der Waals surface area contributed by atoms with Gasteiger partial charge in [-0.1, -0.05) is 18.3 Å². The maximum absolute atomic E-state index is 11.9. The van der Waals surface area contributed by atoms with Crippen molar-refractivity contribution in [1.29, 1.82) is 0 Å². The van der Waals surface area contributed by atoms with E-state index in [-0.39, 0.29) is 5.91 Å². The summed E-state index contributed by atoms with van der Waals surface area (Å²) in [5, 5.41) is 0. The summed E-state index contributed by atoms with van der Waals surface area (Å²) in [7, 11) is 3.51. The molecule has 20 heavy (non-hydrogen) atoms. The number of likely N-dealkylation sites (N-methyl/N-ethyl adjacent to an activating group) is 2. The van der Waals surface area contributed by atoms with Crippen LogP contribution in [-0.2, 0) is 4.79 Å². The molecule has 0 aliphatic rings. The Morgan fingerprint density at radius 2 is 2.05 bits per heavy atom. The van der Waals surface area contributed by atoms with Crippen molar-refractivity contribution in [3.63, 3.8) is 0 Å². The Balaban J connectivity index is 3.21. The van der Waals surface area contributed by atoms with Crippen molar-refractivity contribution in [2.24, 2.45) is 5.73 Å². The van der Waals surface area contributed by atoms with Gasteiger partial charge in [0.25, 0.3) is 0 Å². The minimum absolute atomic E-state index is 0.0512. The zero-order valence-corrected chi connectivity index (χ0v) is 14.0. The van der Waals surface area contributed by atoms with Crippen LogP contribution in [0.1, 0.15) is 12.5 Å². The van der Waals surface area contributed by atoms with Crippen LogP contribution in [0.25, 0.3) is 0 Å². The molecule has 1 aromatic carbocycles. The smallest absolute Gasteiger partial charge is 0.241 e. The molecule has 0 aromatic heterocycles. The van der Waals surface area contributed by atoms with Gasteiger partial charge in [-0.2, -0.15) is 0 Å². The van der Waals surface area contributed by atoms with Gasteiger partial charge in [-0.25, -0.2) is 0 Å². The SMILES string of the molecule is CCN(CC(=O)N(C)C)c1cccc(SC)c1C(N)=S. The normalized spacial score (nSPS) is 10.2. The van der Waals surface area contributed by atoms with Gasteiger partial charge in [-0.15, -0.1) is 11.8 Å². The van der Waals surface area contributed by atoms with Crippen molar-refractivity contribution >= 4 is 40.6 Å². The van der Waals surface area contributed by atoms with Crippen LogP contribution in [0.2, 0.25) is 0 Å². The van der Waals surface area contributed by atoms with Gasteiger partial charge >= 0.3 is 0 Å². The highest BCUT2D eigenvalue weighted by Gasteiger charge is 2.18. The standard InChI is InChI=1S/C14H21N3OS2/c1-5-17(9-12(18)16(2)3)10-7-6-8-11(20-4)13(10)14(15)19/h6-8H,5,9H2,1-4H3,(H2,15,19). The number of anilines is 1. The Labute approximate surface area is 130 Å². The van der Waals surface area contributed by atoms with E-state index in [1.54, 1.807) is 30.8 Å². The number of carbonyl (C=O) groups is 1. The van der Waals surface area contributed by atoms with Crippen LogP contribution in [0.15, 0.2) is 23.1 Å². The molecule has 0 saturated carbocycles. The Morgan fingerprint density at radius 1 is 1.40 bits per heavy atom. The van der Waals surface area contributed by atoms with Crippen LogP contribution in [0.3, 0.4) is 0 Å². The Bertz CT molecular complexity index is 503. The van der Waals surface area contributed by atoms with Crippen molar-refractivity contribution in [2.75, 3.05) is 38.3 Å². The summed E-state index contributed by atoms with van der Waals surface area (Å²) in [5.74, 6) is 0.0512. The maximum Gasteiger partial charge on any atom is 0.241 e. The number of nitrogens with zero attached hydrogens (tertiary/aromatic N) is 2. The third-order valence-corrected chi connectivity index (χ3v) is 4.00. The Kier molecular flexibility index (Phi) is 6.29. The molecule has 0 unspecified atom stereocenters. The number of thiocarbonyl (C=S) groups is 1.